The highest BCUT2D eigenvalue weighted by Gasteiger charge is 2.23. The molecule has 3 rings (SSSR count). The summed E-state index contributed by atoms with van der Waals surface area (Å²) in [5.74, 6) is -0.280. The zero-order valence-electron chi connectivity index (χ0n) is 17.4. The molecule has 32 heavy (non-hydrogen) atoms. The number of esters is 1. The first-order chi connectivity index (χ1) is 15.3. The van der Waals surface area contributed by atoms with Crippen molar-refractivity contribution in [2.75, 3.05) is 18.6 Å². The Morgan fingerprint density at radius 3 is 2.34 bits per heavy atom. The van der Waals surface area contributed by atoms with E-state index in [1.165, 1.54) is 7.11 Å². The molecule has 0 spiro atoms. The molecule has 1 amide bonds. The molecule has 0 aliphatic carbocycles. The van der Waals surface area contributed by atoms with Crippen LogP contribution >= 0.6 is 39.1 Å². The third kappa shape index (κ3) is 5.63. The number of ether oxygens (including phenoxy) is 2. The standard InChI is InChI=1S/C24H20BrCl2NO4/c1-3-32-24(30)15-5-9-19(10-6-15)28(14-16-4-8-18(26)13-21(16)27)23(29)20-12-17(25)7-11-22(20)31-2/h4-13H,3,14H2,1-2H3. The van der Waals surface area contributed by atoms with Crippen LogP contribution in [0, 0.1) is 0 Å². The van der Waals surface area contributed by atoms with Crippen molar-refractivity contribution < 1.29 is 19.1 Å². The van der Waals surface area contributed by atoms with Gasteiger partial charge in [-0.05, 0) is 67.1 Å². The Bertz CT molecular complexity index is 1140. The highest BCUT2D eigenvalue weighted by molar-refractivity contribution is 9.10. The second-order valence-electron chi connectivity index (χ2n) is 6.74. The molecule has 0 bridgehead atoms. The van der Waals surface area contributed by atoms with E-state index in [1.807, 2.05) is 0 Å². The van der Waals surface area contributed by atoms with E-state index in [0.717, 1.165) is 4.47 Å². The van der Waals surface area contributed by atoms with Crippen LogP contribution in [0.4, 0.5) is 5.69 Å². The highest BCUT2D eigenvalue weighted by Crippen LogP contribution is 2.30. The first kappa shape index (κ1) is 24.1. The lowest BCUT2D eigenvalue weighted by atomic mass is 10.1. The largest absolute Gasteiger partial charge is 0.496 e. The average molecular weight is 537 g/mol. The molecule has 0 aliphatic heterocycles. The topological polar surface area (TPSA) is 55.8 Å². The van der Waals surface area contributed by atoms with Gasteiger partial charge in [0.2, 0.25) is 0 Å². The third-order valence-electron chi connectivity index (χ3n) is 4.67. The Morgan fingerprint density at radius 1 is 1.00 bits per heavy atom. The molecule has 0 saturated carbocycles. The van der Waals surface area contributed by atoms with Crippen molar-refractivity contribution in [1.82, 2.24) is 0 Å². The van der Waals surface area contributed by atoms with Gasteiger partial charge in [-0.2, -0.15) is 0 Å². The summed E-state index contributed by atoms with van der Waals surface area (Å²) in [6.45, 7) is 2.21. The van der Waals surface area contributed by atoms with Gasteiger partial charge in [0, 0.05) is 20.2 Å². The lowest BCUT2D eigenvalue weighted by Crippen LogP contribution is -2.31. The smallest absolute Gasteiger partial charge is 0.338 e. The highest BCUT2D eigenvalue weighted by atomic mass is 79.9. The van der Waals surface area contributed by atoms with E-state index >= 15 is 0 Å². The molecule has 0 aromatic heterocycles. The van der Waals surface area contributed by atoms with Crippen molar-refractivity contribution in [3.63, 3.8) is 0 Å². The van der Waals surface area contributed by atoms with E-state index in [1.54, 1.807) is 72.5 Å². The van der Waals surface area contributed by atoms with Crippen LogP contribution in [-0.2, 0) is 11.3 Å². The molecule has 3 aromatic rings. The molecule has 0 aliphatic rings. The Labute approximate surface area is 205 Å². The van der Waals surface area contributed by atoms with Gasteiger partial charge in [0.05, 0.1) is 31.4 Å². The number of carbonyl (C=O) groups excluding carboxylic acids is 2. The second kappa shape index (κ2) is 10.9. The van der Waals surface area contributed by atoms with Gasteiger partial charge < -0.3 is 14.4 Å². The lowest BCUT2D eigenvalue weighted by molar-refractivity contribution is 0.0526. The van der Waals surface area contributed by atoms with Gasteiger partial charge in [0.25, 0.3) is 5.91 Å². The number of methoxy groups -OCH3 is 1. The number of halogens is 3. The fourth-order valence-electron chi connectivity index (χ4n) is 3.09. The number of amides is 1. The first-order valence-corrected chi connectivity index (χ1v) is 11.3. The molecule has 0 radical (unpaired) electrons. The number of nitrogens with zero attached hydrogens (tertiary/aromatic N) is 1. The molecule has 0 unspecified atom stereocenters. The van der Waals surface area contributed by atoms with Crippen molar-refractivity contribution >= 4 is 56.7 Å². The summed E-state index contributed by atoms with van der Waals surface area (Å²) in [6.07, 6.45) is 0. The van der Waals surface area contributed by atoms with Crippen LogP contribution in [0.15, 0.2) is 65.1 Å². The van der Waals surface area contributed by atoms with Crippen molar-refractivity contribution in [2.24, 2.45) is 0 Å². The van der Waals surface area contributed by atoms with Crippen LogP contribution in [0.3, 0.4) is 0 Å². The average Bonchev–Trinajstić information content (AvgIpc) is 2.78. The Kier molecular flexibility index (Phi) is 8.18. The van der Waals surface area contributed by atoms with E-state index in [0.29, 0.717) is 38.2 Å². The van der Waals surface area contributed by atoms with Crippen LogP contribution in [-0.4, -0.2) is 25.6 Å². The molecule has 0 atom stereocenters. The van der Waals surface area contributed by atoms with Crippen LogP contribution < -0.4 is 9.64 Å². The summed E-state index contributed by atoms with van der Waals surface area (Å²) >= 11 is 15.8. The normalized spacial score (nSPS) is 10.5. The van der Waals surface area contributed by atoms with E-state index in [9.17, 15) is 9.59 Å². The maximum atomic E-state index is 13.6. The zero-order valence-corrected chi connectivity index (χ0v) is 20.5. The number of rotatable bonds is 7. The minimum Gasteiger partial charge on any atom is -0.496 e. The third-order valence-corrected chi connectivity index (χ3v) is 5.75. The van der Waals surface area contributed by atoms with Gasteiger partial charge in [0.1, 0.15) is 5.75 Å². The van der Waals surface area contributed by atoms with E-state index in [2.05, 4.69) is 15.9 Å². The molecule has 5 nitrogen and oxygen atoms in total. The van der Waals surface area contributed by atoms with E-state index < -0.39 is 5.97 Å². The number of benzene rings is 3. The number of carbonyl (C=O) groups is 2. The van der Waals surface area contributed by atoms with Gasteiger partial charge in [-0.3, -0.25) is 4.79 Å². The zero-order chi connectivity index (χ0) is 23.3. The van der Waals surface area contributed by atoms with Gasteiger partial charge in [-0.1, -0.05) is 45.2 Å². The number of anilines is 1. The Balaban J connectivity index is 2.04. The summed E-state index contributed by atoms with van der Waals surface area (Å²) in [4.78, 5) is 27.2. The second-order valence-corrected chi connectivity index (χ2v) is 8.50. The fourth-order valence-corrected chi connectivity index (χ4v) is 3.91. The molecule has 0 N–H and O–H groups in total. The number of hydrogen-bond donors (Lipinski definition) is 0. The summed E-state index contributed by atoms with van der Waals surface area (Å²) in [5, 5.41) is 0.948. The molecular weight excluding hydrogens is 517 g/mol. The van der Waals surface area contributed by atoms with Crippen molar-refractivity contribution in [2.45, 2.75) is 13.5 Å². The van der Waals surface area contributed by atoms with Crippen LogP contribution in [0.2, 0.25) is 10.0 Å². The summed E-state index contributed by atoms with van der Waals surface area (Å²) in [5.41, 5.74) is 2.07. The molecule has 3 aromatic carbocycles. The minimum absolute atomic E-state index is 0.184. The molecule has 0 fully saturated rings. The van der Waals surface area contributed by atoms with Crippen LogP contribution in [0.1, 0.15) is 33.2 Å². The predicted octanol–water partition coefficient (Wildman–Crippen LogP) is 6.79. The monoisotopic (exact) mass is 535 g/mol. The summed E-state index contributed by atoms with van der Waals surface area (Å²) in [6, 6.07) is 17.0. The van der Waals surface area contributed by atoms with Crippen molar-refractivity contribution in [3.8, 4) is 5.75 Å². The SMILES string of the molecule is CCOC(=O)c1ccc(N(Cc2ccc(Cl)cc2Cl)C(=O)c2cc(Br)ccc2OC)cc1. The maximum absolute atomic E-state index is 13.6. The van der Waals surface area contributed by atoms with Crippen LogP contribution in [0.5, 0.6) is 5.75 Å². The fraction of sp³-hybridized carbons (Fsp3) is 0.167. The molecule has 8 heteroatoms. The van der Waals surface area contributed by atoms with Gasteiger partial charge in [-0.15, -0.1) is 0 Å². The molecule has 166 valence electrons. The maximum Gasteiger partial charge on any atom is 0.338 e. The molecule has 0 saturated heterocycles. The Morgan fingerprint density at radius 2 is 1.72 bits per heavy atom. The summed E-state index contributed by atoms with van der Waals surface area (Å²) in [7, 11) is 1.51. The van der Waals surface area contributed by atoms with E-state index in [4.69, 9.17) is 32.7 Å². The summed E-state index contributed by atoms with van der Waals surface area (Å²) < 4.78 is 11.2. The first-order valence-electron chi connectivity index (χ1n) is 9.70. The van der Waals surface area contributed by atoms with E-state index in [-0.39, 0.29) is 19.1 Å². The quantitative estimate of drug-likeness (QED) is 0.312. The van der Waals surface area contributed by atoms with Gasteiger partial charge in [-0.25, -0.2) is 4.79 Å². The van der Waals surface area contributed by atoms with Gasteiger partial charge in [0.15, 0.2) is 0 Å². The lowest BCUT2D eigenvalue weighted by Gasteiger charge is -2.25. The Hall–Kier alpha value is -2.54. The van der Waals surface area contributed by atoms with Crippen molar-refractivity contribution in [1.29, 1.82) is 0 Å². The van der Waals surface area contributed by atoms with Crippen molar-refractivity contribution in [3.05, 3.63) is 91.9 Å². The van der Waals surface area contributed by atoms with Gasteiger partial charge >= 0.3 is 5.97 Å². The number of hydrogen-bond acceptors (Lipinski definition) is 4. The molecular formula is C24H20BrCl2NO4. The predicted molar refractivity (Wildman–Crippen MR) is 130 cm³/mol. The minimum atomic E-state index is -0.425. The molecule has 0 heterocycles. The van der Waals surface area contributed by atoms with Crippen LogP contribution in [0.25, 0.3) is 0 Å².